The van der Waals surface area contributed by atoms with Crippen molar-refractivity contribution in [3.05, 3.63) is 77.8 Å². The van der Waals surface area contributed by atoms with Crippen molar-refractivity contribution >= 4 is 16.9 Å². The quantitative estimate of drug-likeness (QED) is 0.608. The molecule has 30 heavy (non-hydrogen) atoms. The lowest BCUT2D eigenvalue weighted by Gasteiger charge is -2.24. The third-order valence-electron chi connectivity index (χ3n) is 5.22. The van der Waals surface area contributed by atoms with Gasteiger partial charge in [-0.15, -0.1) is 0 Å². The molecule has 154 valence electrons. The number of likely N-dealkylation sites (N-methyl/N-ethyl adjacent to an activating group) is 1. The van der Waals surface area contributed by atoms with Gasteiger partial charge in [0.1, 0.15) is 11.2 Å². The van der Waals surface area contributed by atoms with Crippen LogP contribution in [0.3, 0.4) is 0 Å². The number of imidazole rings is 1. The second-order valence-corrected chi connectivity index (χ2v) is 7.83. The number of allylic oxidation sites excluding steroid dienone is 2. The van der Waals surface area contributed by atoms with Gasteiger partial charge in [0.2, 0.25) is 5.88 Å². The van der Waals surface area contributed by atoms with Crippen molar-refractivity contribution in [1.82, 2.24) is 19.5 Å². The number of nitrogens with zero attached hydrogens (tertiary/aromatic N) is 5. The number of fused-ring (bicyclic) bond motifs is 1. The number of rotatable bonds is 5. The molecule has 2 aromatic heterocycles. The van der Waals surface area contributed by atoms with Crippen molar-refractivity contribution < 1.29 is 4.74 Å². The molecule has 1 aliphatic rings. The fourth-order valence-electron chi connectivity index (χ4n) is 3.60. The van der Waals surface area contributed by atoms with Gasteiger partial charge in [-0.3, -0.25) is 9.58 Å². The van der Waals surface area contributed by atoms with Gasteiger partial charge in [0.05, 0.1) is 17.8 Å². The minimum Gasteiger partial charge on any atom is -0.475 e. The number of hydrogen-bond donors (Lipinski definition) is 0. The maximum Gasteiger partial charge on any atom is 0.215 e. The van der Waals surface area contributed by atoms with E-state index in [1.54, 1.807) is 5.01 Å². The lowest BCUT2D eigenvalue weighted by Crippen LogP contribution is -2.23. The van der Waals surface area contributed by atoms with Crippen LogP contribution in [-0.4, -0.2) is 38.4 Å². The minimum atomic E-state index is 0.0137. The molecule has 1 aliphatic heterocycles. The SMILES string of the molecule is C=C1C(C)=CC(c2nc3ccc(OC(C)C)nc3n2[C@@H](C)c2ccccc2)=NN1C. The maximum atomic E-state index is 5.85. The normalized spacial score (nSPS) is 15.4. The summed E-state index contributed by atoms with van der Waals surface area (Å²) in [7, 11) is 1.90. The minimum absolute atomic E-state index is 0.0137. The van der Waals surface area contributed by atoms with Crippen LogP contribution in [0.4, 0.5) is 0 Å². The third-order valence-corrected chi connectivity index (χ3v) is 5.22. The molecule has 6 nitrogen and oxygen atoms in total. The molecule has 0 saturated heterocycles. The summed E-state index contributed by atoms with van der Waals surface area (Å²) in [6.07, 6.45) is 2.08. The van der Waals surface area contributed by atoms with Crippen LogP contribution in [0.2, 0.25) is 0 Å². The first-order valence-electron chi connectivity index (χ1n) is 10.2. The highest BCUT2D eigenvalue weighted by atomic mass is 16.5. The van der Waals surface area contributed by atoms with Crippen LogP contribution >= 0.6 is 0 Å². The summed E-state index contributed by atoms with van der Waals surface area (Å²) in [5.74, 6) is 1.36. The van der Waals surface area contributed by atoms with E-state index in [0.717, 1.165) is 34.0 Å². The van der Waals surface area contributed by atoms with Crippen LogP contribution in [0.5, 0.6) is 5.88 Å². The van der Waals surface area contributed by atoms with Gasteiger partial charge in [0, 0.05) is 13.1 Å². The van der Waals surface area contributed by atoms with Gasteiger partial charge < -0.3 is 4.74 Å². The maximum absolute atomic E-state index is 5.85. The molecule has 0 radical (unpaired) electrons. The second kappa shape index (κ2) is 7.78. The Labute approximate surface area is 177 Å². The molecule has 0 unspecified atom stereocenters. The molecule has 0 amide bonds. The Balaban J connectivity index is 1.93. The van der Waals surface area contributed by atoms with Crippen molar-refractivity contribution in [1.29, 1.82) is 0 Å². The summed E-state index contributed by atoms with van der Waals surface area (Å²) in [4.78, 5) is 9.71. The predicted molar refractivity (Wildman–Crippen MR) is 121 cm³/mol. The molecule has 0 spiro atoms. The van der Waals surface area contributed by atoms with Gasteiger partial charge in [-0.2, -0.15) is 10.1 Å². The van der Waals surface area contributed by atoms with Crippen LogP contribution in [0.1, 0.15) is 45.1 Å². The predicted octanol–water partition coefficient (Wildman–Crippen LogP) is 4.94. The highest BCUT2D eigenvalue weighted by Gasteiger charge is 2.24. The summed E-state index contributed by atoms with van der Waals surface area (Å²) < 4.78 is 7.99. The Morgan fingerprint density at radius 2 is 1.73 bits per heavy atom. The van der Waals surface area contributed by atoms with E-state index in [2.05, 4.69) is 30.2 Å². The van der Waals surface area contributed by atoms with Gasteiger partial charge in [-0.1, -0.05) is 36.9 Å². The molecule has 1 aromatic carbocycles. The third kappa shape index (κ3) is 3.61. The van der Waals surface area contributed by atoms with Crippen LogP contribution in [0.25, 0.3) is 11.2 Å². The molecular formula is C24H27N5O. The highest BCUT2D eigenvalue weighted by molar-refractivity contribution is 6.09. The Bertz CT molecular complexity index is 1160. The standard InChI is InChI=1S/C24H27N5O/c1-15(2)30-22-13-12-20-23(26-22)29(18(5)19-10-8-7-9-11-19)24(25-20)21-14-16(3)17(4)28(6)27-21/h7-15,18H,4H2,1-3,5-6H3/t18-/m0/s1. The molecule has 3 aromatic rings. The zero-order valence-corrected chi connectivity index (χ0v) is 18.1. The van der Waals surface area contributed by atoms with Crippen molar-refractivity contribution in [2.24, 2.45) is 5.10 Å². The van der Waals surface area contributed by atoms with E-state index in [1.807, 2.05) is 64.2 Å². The molecule has 0 saturated carbocycles. The van der Waals surface area contributed by atoms with Crippen LogP contribution in [-0.2, 0) is 0 Å². The van der Waals surface area contributed by atoms with E-state index in [1.165, 1.54) is 5.56 Å². The van der Waals surface area contributed by atoms with E-state index in [4.69, 9.17) is 19.8 Å². The first kappa shape index (κ1) is 19.9. The van der Waals surface area contributed by atoms with Crippen molar-refractivity contribution in [2.75, 3.05) is 7.05 Å². The number of aromatic nitrogens is 3. The molecular weight excluding hydrogens is 374 g/mol. The number of hydrogen-bond acceptors (Lipinski definition) is 5. The van der Waals surface area contributed by atoms with E-state index in [0.29, 0.717) is 5.88 Å². The fourth-order valence-corrected chi connectivity index (χ4v) is 3.60. The lowest BCUT2D eigenvalue weighted by atomic mass is 10.1. The highest BCUT2D eigenvalue weighted by Crippen LogP contribution is 2.29. The van der Waals surface area contributed by atoms with Crippen molar-refractivity contribution in [2.45, 2.75) is 39.8 Å². The monoisotopic (exact) mass is 401 g/mol. The Hall–Kier alpha value is -3.41. The van der Waals surface area contributed by atoms with E-state index in [9.17, 15) is 0 Å². The number of benzene rings is 1. The zero-order chi connectivity index (χ0) is 21.4. The average molecular weight is 402 g/mol. The molecule has 0 fully saturated rings. The molecule has 4 rings (SSSR count). The number of ether oxygens (including phenoxy) is 1. The van der Waals surface area contributed by atoms with Gasteiger partial charge in [-0.05, 0) is 51.0 Å². The molecule has 3 heterocycles. The summed E-state index contributed by atoms with van der Waals surface area (Å²) in [6.45, 7) is 12.3. The Morgan fingerprint density at radius 3 is 2.40 bits per heavy atom. The molecule has 0 aliphatic carbocycles. The van der Waals surface area contributed by atoms with E-state index in [-0.39, 0.29) is 12.1 Å². The summed E-state index contributed by atoms with van der Waals surface area (Å²) in [5.41, 5.74) is 5.48. The second-order valence-electron chi connectivity index (χ2n) is 7.83. The van der Waals surface area contributed by atoms with E-state index >= 15 is 0 Å². The molecule has 6 heteroatoms. The van der Waals surface area contributed by atoms with Crippen molar-refractivity contribution in [3.8, 4) is 5.88 Å². The first-order chi connectivity index (χ1) is 14.3. The van der Waals surface area contributed by atoms with E-state index < -0.39 is 0 Å². The van der Waals surface area contributed by atoms with Gasteiger partial charge in [0.15, 0.2) is 11.5 Å². The van der Waals surface area contributed by atoms with Gasteiger partial charge >= 0.3 is 0 Å². The lowest BCUT2D eigenvalue weighted by molar-refractivity contribution is 0.233. The van der Waals surface area contributed by atoms with Gasteiger partial charge in [-0.25, -0.2) is 4.98 Å². The molecule has 0 bridgehead atoms. The Kier molecular flexibility index (Phi) is 5.16. The summed E-state index contributed by atoms with van der Waals surface area (Å²) in [6, 6.07) is 14.2. The first-order valence-corrected chi connectivity index (χ1v) is 10.2. The summed E-state index contributed by atoms with van der Waals surface area (Å²) in [5, 5.41) is 6.51. The number of hydrazone groups is 1. The number of pyridine rings is 1. The summed E-state index contributed by atoms with van der Waals surface area (Å²) >= 11 is 0. The van der Waals surface area contributed by atoms with Crippen molar-refractivity contribution in [3.63, 3.8) is 0 Å². The zero-order valence-electron chi connectivity index (χ0n) is 18.1. The molecule has 0 N–H and O–H groups in total. The smallest absolute Gasteiger partial charge is 0.215 e. The topological polar surface area (TPSA) is 55.5 Å². The Morgan fingerprint density at radius 1 is 1.00 bits per heavy atom. The largest absolute Gasteiger partial charge is 0.475 e. The van der Waals surface area contributed by atoms with Crippen LogP contribution in [0, 0.1) is 0 Å². The fraction of sp³-hybridized carbons (Fsp3) is 0.292. The molecule has 1 atom stereocenters. The van der Waals surface area contributed by atoms with Gasteiger partial charge in [0.25, 0.3) is 0 Å². The van der Waals surface area contributed by atoms with Crippen LogP contribution in [0.15, 0.2) is 71.5 Å². The average Bonchev–Trinajstić information content (AvgIpc) is 3.10. The van der Waals surface area contributed by atoms with Crippen LogP contribution < -0.4 is 4.74 Å².